The van der Waals surface area contributed by atoms with Gasteiger partial charge in [-0.2, -0.15) is 0 Å². The van der Waals surface area contributed by atoms with Gasteiger partial charge in [0.1, 0.15) is 5.82 Å². The molecule has 4 nitrogen and oxygen atoms in total. The fraction of sp³-hybridized carbons (Fsp3) is 0.571. The van der Waals surface area contributed by atoms with E-state index in [0.29, 0.717) is 17.7 Å². The molecule has 18 heavy (non-hydrogen) atoms. The number of nitrogens with two attached hydrogens (primary N) is 1. The summed E-state index contributed by atoms with van der Waals surface area (Å²) in [6, 6.07) is 5.68. The Morgan fingerprint density at radius 3 is 2.83 bits per heavy atom. The highest BCUT2D eigenvalue weighted by Crippen LogP contribution is 2.47. The highest BCUT2D eigenvalue weighted by molar-refractivity contribution is 5.92. The summed E-state index contributed by atoms with van der Waals surface area (Å²) >= 11 is 0. The molecule has 96 valence electrons. The van der Waals surface area contributed by atoms with Crippen LogP contribution in [0.4, 0.5) is 5.82 Å². The second-order valence-corrected chi connectivity index (χ2v) is 5.59. The first-order valence-corrected chi connectivity index (χ1v) is 6.65. The second-order valence-electron chi connectivity index (χ2n) is 5.59. The third-order valence-electron chi connectivity index (χ3n) is 4.42. The number of carbonyl (C=O) groups is 1. The molecule has 2 bridgehead atoms. The Morgan fingerprint density at radius 2 is 2.17 bits per heavy atom. The summed E-state index contributed by atoms with van der Waals surface area (Å²) < 4.78 is 0. The van der Waals surface area contributed by atoms with Crippen LogP contribution in [0.3, 0.4) is 0 Å². The maximum Gasteiger partial charge on any atom is 0.230 e. The molecule has 2 aliphatic rings. The Balaban J connectivity index is 1.72. The number of fused-ring (bicyclic) bond motifs is 2. The number of carbonyl (C=O) groups excluding carboxylic acids is 1. The van der Waals surface area contributed by atoms with E-state index in [9.17, 15) is 4.79 Å². The van der Waals surface area contributed by atoms with E-state index in [1.807, 2.05) is 25.1 Å². The number of rotatable bonds is 2. The van der Waals surface area contributed by atoms with Gasteiger partial charge in [-0.1, -0.05) is 6.07 Å². The number of nitrogens with zero attached hydrogens (tertiary/aromatic N) is 1. The normalized spacial score (nSPS) is 33.7. The van der Waals surface area contributed by atoms with Gasteiger partial charge in [0.25, 0.3) is 0 Å². The van der Waals surface area contributed by atoms with Crippen molar-refractivity contribution in [3.8, 4) is 0 Å². The minimum atomic E-state index is -0.0222. The van der Waals surface area contributed by atoms with E-state index >= 15 is 0 Å². The van der Waals surface area contributed by atoms with Crippen LogP contribution in [0, 0.1) is 24.7 Å². The van der Waals surface area contributed by atoms with Crippen LogP contribution in [0.25, 0.3) is 0 Å². The highest BCUT2D eigenvalue weighted by atomic mass is 16.2. The molecule has 0 aliphatic heterocycles. The van der Waals surface area contributed by atoms with Crippen LogP contribution < -0.4 is 11.1 Å². The molecular weight excluding hydrogens is 226 g/mol. The third-order valence-corrected chi connectivity index (χ3v) is 4.42. The molecule has 3 rings (SSSR count). The number of anilines is 1. The zero-order valence-corrected chi connectivity index (χ0v) is 10.6. The van der Waals surface area contributed by atoms with Gasteiger partial charge < -0.3 is 11.1 Å². The molecule has 0 spiro atoms. The number of amides is 1. The van der Waals surface area contributed by atoms with Crippen LogP contribution in [-0.4, -0.2) is 16.9 Å². The highest BCUT2D eigenvalue weighted by Gasteiger charge is 2.49. The molecule has 4 atom stereocenters. The van der Waals surface area contributed by atoms with Crippen LogP contribution >= 0.6 is 0 Å². The molecule has 1 aromatic rings. The van der Waals surface area contributed by atoms with Gasteiger partial charge in [0.15, 0.2) is 0 Å². The minimum Gasteiger partial charge on any atom is -0.327 e. The summed E-state index contributed by atoms with van der Waals surface area (Å²) in [6.45, 7) is 1.92. The number of nitrogens with one attached hydrogen (secondary N) is 1. The van der Waals surface area contributed by atoms with Gasteiger partial charge in [-0.25, -0.2) is 4.98 Å². The van der Waals surface area contributed by atoms with E-state index in [-0.39, 0.29) is 17.9 Å². The third kappa shape index (κ3) is 1.90. The van der Waals surface area contributed by atoms with Gasteiger partial charge >= 0.3 is 0 Å². The van der Waals surface area contributed by atoms with E-state index in [1.165, 1.54) is 6.42 Å². The lowest BCUT2D eigenvalue weighted by molar-refractivity contribution is -0.121. The molecule has 2 saturated carbocycles. The molecule has 0 saturated heterocycles. The predicted molar refractivity (Wildman–Crippen MR) is 69.9 cm³/mol. The average Bonchev–Trinajstić information content (AvgIpc) is 2.89. The summed E-state index contributed by atoms with van der Waals surface area (Å²) in [5, 5.41) is 2.91. The Kier molecular flexibility index (Phi) is 2.82. The molecule has 1 heterocycles. The lowest BCUT2D eigenvalue weighted by Crippen LogP contribution is -2.42. The predicted octanol–water partition coefficient (Wildman–Crippen LogP) is 1.70. The minimum absolute atomic E-state index is 0.0222. The zero-order chi connectivity index (χ0) is 12.7. The second kappa shape index (κ2) is 4.35. The number of pyridine rings is 1. The summed E-state index contributed by atoms with van der Waals surface area (Å²) in [4.78, 5) is 16.6. The largest absolute Gasteiger partial charge is 0.327 e. The molecule has 4 unspecified atom stereocenters. The smallest absolute Gasteiger partial charge is 0.230 e. The van der Waals surface area contributed by atoms with Crippen LogP contribution in [-0.2, 0) is 4.79 Å². The van der Waals surface area contributed by atoms with E-state index in [1.54, 1.807) is 0 Å². The topological polar surface area (TPSA) is 68.0 Å². The first-order valence-electron chi connectivity index (χ1n) is 6.65. The first kappa shape index (κ1) is 11.7. The van der Waals surface area contributed by atoms with Crippen molar-refractivity contribution in [2.75, 3.05) is 5.32 Å². The molecule has 1 amide bonds. The number of aryl methyl sites for hydroxylation is 1. The Labute approximate surface area is 107 Å². The zero-order valence-electron chi connectivity index (χ0n) is 10.6. The lowest BCUT2D eigenvalue weighted by Gasteiger charge is -2.26. The maximum absolute atomic E-state index is 12.3. The SMILES string of the molecule is Cc1cccc(NC(=O)C2C3CCC(C3)C2N)n1. The fourth-order valence-corrected chi connectivity index (χ4v) is 3.55. The fourth-order valence-electron chi connectivity index (χ4n) is 3.55. The van der Waals surface area contributed by atoms with Crippen LogP contribution in [0.2, 0.25) is 0 Å². The van der Waals surface area contributed by atoms with Crippen molar-refractivity contribution in [3.05, 3.63) is 23.9 Å². The number of hydrogen-bond donors (Lipinski definition) is 2. The van der Waals surface area contributed by atoms with Crippen LogP contribution in [0.15, 0.2) is 18.2 Å². The van der Waals surface area contributed by atoms with Crippen molar-refractivity contribution < 1.29 is 4.79 Å². The molecular formula is C14H19N3O. The Morgan fingerprint density at radius 1 is 1.39 bits per heavy atom. The van der Waals surface area contributed by atoms with Gasteiger partial charge in [0.05, 0.1) is 5.92 Å². The molecule has 1 aromatic heterocycles. The number of hydrogen-bond acceptors (Lipinski definition) is 3. The van der Waals surface area contributed by atoms with Gasteiger partial charge in [0.2, 0.25) is 5.91 Å². The van der Waals surface area contributed by atoms with Crippen molar-refractivity contribution >= 4 is 11.7 Å². The molecule has 4 heteroatoms. The summed E-state index contributed by atoms with van der Waals surface area (Å²) in [7, 11) is 0. The monoisotopic (exact) mass is 245 g/mol. The maximum atomic E-state index is 12.3. The van der Waals surface area contributed by atoms with E-state index in [4.69, 9.17) is 5.73 Å². The molecule has 0 radical (unpaired) electrons. The quantitative estimate of drug-likeness (QED) is 0.833. The standard InChI is InChI=1S/C14H19N3O/c1-8-3-2-4-11(16-8)17-14(18)12-9-5-6-10(7-9)13(12)15/h2-4,9-10,12-13H,5-7,15H2,1H3,(H,16,17,18). The van der Waals surface area contributed by atoms with E-state index in [0.717, 1.165) is 18.5 Å². The summed E-state index contributed by atoms with van der Waals surface area (Å²) in [6.07, 6.45) is 3.47. The van der Waals surface area contributed by atoms with Crippen molar-refractivity contribution in [3.63, 3.8) is 0 Å². The van der Waals surface area contributed by atoms with Gasteiger partial charge in [-0.3, -0.25) is 4.79 Å². The number of aromatic nitrogens is 1. The summed E-state index contributed by atoms with van der Waals surface area (Å²) in [5.41, 5.74) is 7.07. The summed E-state index contributed by atoms with van der Waals surface area (Å²) in [5.74, 6) is 1.69. The molecule has 2 aliphatic carbocycles. The van der Waals surface area contributed by atoms with Crippen molar-refractivity contribution in [1.29, 1.82) is 0 Å². The van der Waals surface area contributed by atoms with Gasteiger partial charge in [-0.15, -0.1) is 0 Å². The Hall–Kier alpha value is -1.42. The van der Waals surface area contributed by atoms with Crippen molar-refractivity contribution in [2.24, 2.45) is 23.5 Å². The van der Waals surface area contributed by atoms with Gasteiger partial charge in [-0.05, 0) is 50.2 Å². The van der Waals surface area contributed by atoms with Crippen LogP contribution in [0.1, 0.15) is 25.0 Å². The lowest BCUT2D eigenvalue weighted by atomic mass is 9.84. The van der Waals surface area contributed by atoms with E-state index < -0.39 is 0 Å². The van der Waals surface area contributed by atoms with Gasteiger partial charge in [0, 0.05) is 11.7 Å². The molecule has 0 aromatic carbocycles. The average molecular weight is 245 g/mol. The van der Waals surface area contributed by atoms with Crippen molar-refractivity contribution in [2.45, 2.75) is 32.2 Å². The van der Waals surface area contributed by atoms with E-state index in [2.05, 4.69) is 10.3 Å². The molecule has 2 fully saturated rings. The van der Waals surface area contributed by atoms with Crippen LogP contribution in [0.5, 0.6) is 0 Å². The molecule has 3 N–H and O–H groups in total. The Bertz CT molecular complexity index is 472. The van der Waals surface area contributed by atoms with Crippen molar-refractivity contribution in [1.82, 2.24) is 4.98 Å². The first-order chi connectivity index (χ1) is 8.65.